The molecule has 32 heavy (non-hydrogen) atoms. The number of aryl methyl sites for hydroxylation is 2. The van der Waals surface area contributed by atoms with E-state index in [4.69, 9.17) is 37.9 Å². The first-order valence-corrected chi connectivity index (χ1v) is 11.3. The standard InChI is InChI=1S/C22H36N10/c1-13-3-14(2)5-15(4-13)8-27-20-28-21(31-9-16(23)6-17(24)10-31)30-22(29-20)32-11-18(25)7-19(26)12-32/h3-5,16-19H,6-12,23-26H2,1-2H3,(H,27,28,29,30). The number of nitrogens with two attached hydrogens (primary N) is 4. The molecule has 174 valence electrons. The summed E-state index contributed by atoms with van der Waals surface area (Å²) in [6.45, 7) is 7.45. The zero-order valence-electron chi connectivity index (χ0n) is 19.0. The van der Waals surface area contributed by atoms with Crippen LogP contribution in [0.2, 0.25) is 0 Å². The summed E-state index contributed by atoms with van der Waals surface area (Å²) in [7, 11) is 0. The van der Waals surface area contributed by atoms with Gasteiger partial charge in [-0.05, 0) is 32.3 Å². The number of hydrogen-bond donors (Lipinski definition) is 5. The Balaban J connectivity index is 1.62. The van der Waals surface area contributed by atoms with E-state index in [2.05, 4.69) is 47.2 Å². The zero-order valence-corrected chi connectivity index (χ0v) is 19.0. The second kappa shape index (κ2) is 9.53. The van der Waals surface area contributed by atoms with Gasteiger partial charge in [-0.15, -0.1) is 0 Å². The highest BCUT2D eigenvalue weighted by Crippen LogP contribution is 2.22. The molecule has 2 aliphatic rings. The van der Waals surface area contributed by atoms with E-state index in [0.717, 1.165) is 12.8 Å². The maximum atomic E-state index is 6.22. The molecule has 1 aromatic heterocycles. The third-order valence-corrected chi connectivity index (χ3v) is 5.94. The molecule has 2 aliphatic heterocycles. The highest BCUT2D eigenvalue weighted by Gasteiger charge is 2.28. The van der Waals surface area contributed by atoms with Crippen molar-refractivity contribution in [3.63, 3.8) is 0 Å². The minimum absolute atomic E-state index is 0.0116. The quantitative estimate of drug-likeness (QED) is 0.422. The van der Waals surface area contributed by atoms with Crippen molar-refractivity contribution in [2.45, 2.75) is 57.4 Å². The van der Waals surface area contributed by atoms with Crippen molar-refractivity contribution < 1.29 is 0 Å². The molecule has 2 saturated heterocycles. The largest absolute Gasteiger partial charge is 0.350 e. The Morgan fingerprint density at radius 3 is 1.62 bits per heavy atom. The van der Waals surface area contributed by atoms with Crippen LogP contribution in [0.4, 0.5) is 17.8 Å². The van der Waals surface area contributed by atoms with E-state index in [1.807, 2.05) is 0 Å². The molecule has 1 aromatic carbocycles. The fourth-order valence-corrected chi connectivity index (χ4v) is 4.75. The Morgan fingerprint density at radius 1 is 0.750 bits per heavy atom. The van der Waals surface area contributed by atoms with Crippen LogP contribution in [-0.4, -0.2) is 65.3 Å². The highest BCUT2D eigenvalue weighted by atomic mass is 15.4. The average molecular weight is 441 g/mol. The topological polar surface area (TPSA) is 161 Å². The molecular formula is C22H36N10. The minimum atomic E-state index is -0.0116. The highest BCUT2D eigenvalue weighted by molar-refractivity contribution is 5.47. The molecule has 9 N–H and O–H groups in total. The van der Waals surface area contributed by atoms with Gasteiger partial charge in [0.2, 0.25) is 17.8 Å². The molecule has 3 heterocycles. The number of hydrogen-bond acceptors (Lipinski definition) is 10. The molecule has 10 heteroatoms. The summed E-state index contributed by atoms with van der Waals surface area (Å²) in [5.41, 5.74) is 28.5. The van der Waals surface area contributed by atoms with Gasteiger partial charge in [-0.2, -0.15) is 15.0 Å². The van der Waals surface area contributed by atoms with Gasteiger partial charge in [0.15, 0.2) is 0 Å². The summed E-state index contributed by atoms with van der Waals surface area (Å²) in [6.07, 6.45) is 1.59. The fourth-order valence-electron chi connectivity index (χ4n) is 4.75. The SMILES string of the molecule is Cc1cc(C)cc(CNc2nc(N3CC(N)CC(N)C3)nc(N3CC(N)CC(N)C3)n2)c1. The Morgan fingerprint density at radius 2 is 1.19 bits per heavy atom. The number of anilines is 3. The molecule has 0 aliphatic carbocycles. The summed E-state index contributed by atoms with van der Waals surface area (Å²) in [4.78, 5) is 18.3. The van der Waals surface area contributed by atoms with E-state index in [-0.39, 0.29) is 24.2 Å². The lowest BCUT2D eigenvalue weighted by atomic mass is 10.0. The molecule has 0 amide bonds. The lowest BCUT2D eigenvalue weighted by molar-refractivity contribution is 0.441. The third-order valence-electron chi connectivity index (χ3n) is 5.94. The van der Waals surface area contributed by atoms with Gasteiger partial charge < -0.3 is 38.1 Å². The lowest BCUT2D eigenvalue weighted by Crippen LogP contribution is -2.54. The van der Waals surface area contributed by atoms with E-state index in [1.165, 1.54) is 16.7 Å². The molecule has 4 rings (SSSR count). The van der Waals surface area contributed by atoms with Gasteiger partial charge >= 0.3 is 0 Å². The number of rotatable bonds is 5. The van der Waals surface area contributed by atoms with Crippen molar-refractivity contribution in [2.24, 2.45) is 22.9 Å². The van der Waals surface area contributed by atoms with Crippen molar-refractivity contribution in [1.29, 1.82) is 0 Å². The van der Waals surface area contributed by atoms with Crippen LogP contribution in [0.25, 0.3) is 0 Å². The summed E-state index contributed by atoms with van der Waals surface area (Å²) in [6, 6.07) is 6.44. The molecule has 10 nitrogen and oxygen atoms in total. The molecule has 2 fully saturated rings. The Bertz CT molecular complexity index is 850. The summed E-state index contributed by atoms with van der Waals surface area (Å²) in [5.74, 6) is 1.68. The second-order valence-corrected chi connectivity index (χ2v) is 9.43. The van der Waals surface area contributed by atoms with Crippen molar-refractivity contribution in [1.82, 2.24) is 15.0 Å². The van der Waals surface area contributed by atoms with Crippen molar-refractivity contribution in [3.8, 4) is 0 Å². The monoisotopic (exact) mass is 440 g/mol. The molecule has 4 atom stereocenters. The Hall–Kier alpha value is -2.53. The van der Waals surface area contributed by atoms with Crippen LogP contribution in [0.1, 0.15) is 29.5 Å². The molecule has 0 saturated carbocycles. The number of aromatic nitrogens is 3. The summed E-state index contributed by atoms with van der Waals surface area (Å²) >= 11 is 0. The first-order valence-electron chi connectivity index (χ1n) is 11.3. The van der Waals surface area contributed by atoms with Crippen LogP contribution in [0, 0.1) is 13.8 Å². The van der Waals surface area contributed by atoms with E-state index < -0.39 is 0 Å². The first kappa shape index (κ1) is 22.7. The normalized spacial score (nSPS) is 26.3. The number of benzene rings is 1. The van der Waals surface area contributed by atoms with Gasteiger partial charge in [0, 0.05) is 56.9 Å². The first-order chi connectivity index (χ1) is 15.2. The van der Waals surface area contributed by atoms with Crippen LogP contribution in [-0.2, 0) is 6.54 Å². The Kier molecular flexibility index (Phi) is 6.75. The van der Waals surface area contributed by atoms with E-state index in [0.29, 0.717) is 50.6 Å². The van der Waals surface area contributed by atoms with Crippen LogP contribution >= 0.6 is 0 Å². The van der Waals surface area contributed by atoms with Crippen molar-refractivity contribution in [2.75, 3.05) is 41.3 Å². The molecular weight excluding hydrogens is 404 g/mol. The van der Waals surface area contributed by atoms with Gasteiger partial charge in [0.05, 0.1) is 0 Å². The second-order valence-electron chi connectivity index (χ2n) is 9.43. The predicted octanol–water partition coefficient (Wildman–Crippen LogP) is -0.170. The molecule has 0 spiro atoms. The van der Waals surface area contributed by atoms with E-state index >= 15 is 0 Å². The summed E-state index contributed by atoms with van der Waals surface area (Å²) < 4.78 is 0. The van der Waals surface area contributed by atoms with Gasteiger partial charge in [-0.1, -0.05) is 29.3 Å². The minimum Gasteiger partial charge on any atom is -0.350 e. The van der Waals surface area contributed by atoms with Gasteiger partial charge in [-0.3, -0.25) is 0 Å². The van der Waals surface area contributed by atoms with Crippen molar-refractivity contribution in [3.05, 3.63) is 34.9 Å². The van der Waals surface area contributed by atoms with Gasteiger partial charge in [0.25, 0.3) is 0 Å². The van der Waals surface area contributed by atoms with E-state index in [1.54, 1.807) is 0 Å². The van der Waals surface area contributed by atoms with Crippen LogP contribution in [0.15, 0.2) is 18.2 Å². The molecule has 0 bridgehead atoms. The molecule has 4 unspecified atom stereocenters. The average Bonchev–Trinajstić information content (AvgIpc) is 2.70. The van der Waals surface area contributed by atoms with Crippen LogP contribution in [0.5, 0.6) is 0 Å². The fraction of sp³-hybridized carbons (Fsp3) is 0.591. The zero-order chi connectivity index (χ0) is 22.8. The summed E-state index contributed by atoms with van der Waals surface area (Å²) in [5, 5.41) is 3.38. The maximum absolute atomic E-state index is 6.22. The Labute approximate surface area is 189 Å². The number of piperidine rings is 2. The number of nitrogens with zero attached hydrogens (tertiary/aromatic N) is 5. The van der Waals surface area contributed by atoms with Crippen LogP contribution in [0.3, 0.4) is 0 Å². The van der Waals surface area contributed by atoms with Gasteiger partial charge in [0.1, 0.15) is 0 Å². The smallest absolute Gasteiger partial charge is 0.232 e. The molecule has 0 radical (unpaired) electrons. The predicted molar refractivity (Wildman–Crippen MR) is 129 cm³/mol. The maximum Gasteiger partial charge on any atom is 0.232 e. The number of nitrogens with one attached hydrogen (secondary N) is 1. The van der Waals surface area contributed by atoms with Crippen LogP contribution < -0.4 is 38.1 Å². The third kappa shape index (κ3) is 5.63. The lowest BCUT2D eigenvalue weighted by Gasteiger charge is -2.37. The van der Waals surface area contributed by atoms with Crippen molar-refractivity contribution >= 4 is 17.8 Å². The van der Waals surface area contributed by atoms with Gasteiger partial charge in [-0.25, -0.2) is 0 Å². The van der Waals surface area contributed by atoms with E-state index in [9.17, 15) is 0 Å². The molecule has 2 aromatic rings.